The lowest BCUT2D eigenvalue weighted by Crippen LogP contribution is -2.17. The van der Waals surface area contributed by atoms with Crippen LogP contribution in [0.15, 0.2) is 218 Å². The van der Waals surface area contributed by atoms with Gasteiger partial charge in [0.15, 0.2) is 0 Å². The Morgan fingerprint density at radius 2 is 0.873 bits per heavy atom. The molecular formula is C52H36N2S. The van der Waals surface area contributed by atoms with E-state index < -0.39 is 0 Å². The minimum atomic E-state index is 1.08. The number of para-hydroxylation sites is 3. The summed E-state index contributed by atoms with van der Waals surface area (Å²) in [5.74, 6) is 0. The predicted molar refractivity (Wildman–Crippen MR) is 237 cm³/mol. The fourth-order valence-electron chi connectivity index (χ4n) is 7.91. The van der Waals surface area contributed by atoms with Crippen molar-refractivity contribution < 1.29 is 0 Å². The second kappa shape index (κ2) is 14.1. The number of nitrogens with zero attached hydrogens (tertiary/aromatic N) is 2. The zero-order valence-electron chi connectivity index (χ0n) is 30.1. The third kappa shape index (κ3) is 5.92. The number of hydrogen-bond acceptors (Lipinski definition) is 3. The van der Waals surface area contributed by atoms with Crippen molar-refractivity contribution in [2.45, 2.75) is 0 Å². The molecule has 260 valence electrons. The van der Waals surface area contributed by atoms with Crippen LogP contribution in [0.2, 0.25) is 0 Å². The Hall–Kier alpha value is -6.94. The van der Waals surface area contributed by atoms with Gasteiger partial charge < -0.3 is 9.80 Å². The monoisotopic (exact) mass is 720 g/mol. The zero-order valence-corrected chi connectivity index (χ0v) is 30.9. The third-order valence-electron chi connectivity index (χ3n) is 10.4. The van der Waals surface area contributed by atoms with Gasteiger partial charge in [0, 0.05) is 42.8 Å². The van der Waals surface area contributed by atoms with Gasteiger partial charge in [0.2, 0.25) is 0 Å². The van der Waals surface area contributed by atoms with Crippen molar-refractivity contribution in [3.05, 3.63) is 218 Å². The fourth-order valence-corrected chi connectivity index (χ4v) is 9.15. The molecular weight excluding hydrogens is 685 g/mol. The summed E-state index contributed by atoms with van der Waals surface area (Å²) in [6, 6.07) is 78.8. The van der Waals surface area contributed by atoms with Crippen molar-refractivity contribution in [3.63, 3.8) is 0 Å². The maximum Gasteiger partial charge on any atom is 0.0796 e. The van der Waals surface area contributed by atoms with Crippen molar-refractivity contribution in [2.75, 3.05) is 9.80 Å². The van der Waals surface area contributed by atoms with Crippen LogP contribution in [0.25, 0.3) is 53.2 Å². The first-order valence-corrected chi connectivity index (χ1v) is 19.5. The molecule has 10 aromatic rings. The molecule has 0 bridgehead atoms. The Balaban J connectivity index is 1.32. The molecule has 2 nitrogen and oxygen atoms in total. The summed E-state index contributed by atoms with van der Waals surface area (Å²) in [4.78, 5) is 4.92. The molecule has 0 aliphatic heterocycles. The van der Waals surface area contributed by atoms with Gasteiger partial charge in [-0.05, 0) is 82.1 Å². The highest BCUT2D eigenvalue weighted by Crippen LogP contribution is 2.54. The third-order valence-corrected chi connectivity index (χ3v) is 11.6. The second-order valence-corrected chi connectivity index (χ2v) is 14.8. The molecule has 0 spiro atoms. The van der Waals surface area contributed by atoms with Crippen molar-refractivity contribution in [2.24, 2.45) is 0 Å². The standard InChI is InChI=1S/C52H36N2S/c1-5-17-37(18-6-1)38-29-32-43(33-30-38)53(41-22-9-3-10-23-41)48-35-36-49-50(46-34-31-40-21-13-14-27-45(40)52(46)55-49)51(48)54(42-24-11-4-12-25-42)47-28-16-15-26-44(47)39-19-7-2-8-20-39/h1-36H. The SMILES string of the molecule is c1ccc(-c2ccc(N(c3ccccc3)c3ccc4sc5c6ccccc6ccc5c4c3N(c3ccccc3)c3ccccc3-c3ccccc3)cc2)cc1. The highest BCUT2D eigenvalue weighted by molar-refractivity contribution is 7.26. The Kier molecular flexibility index (Phi) is 8.40. The van der Waals surface area contributed by atoms with Gasteiger partial charge in [-0.2, -0.15) is 0 Å². The van der Waals surface area contributed by atoms with E-state index in [1.165, 1.54) is 53.2 Å². The average molecular weight is 721 g/mol. The lowest BCUT2D eigenvalue weighted by atomic mass is 9.99. The Labute approximate surface area is 325 Å². The quantitative estimate of drug-likeness (QED) is 0.154. The van der Waals surface area contributed by atoms with E-state index >= 15 is 0 Å². The van der Waals surface area contributed by atoms with E-state index in [9.17, 15) is 0 Å². The van der Waals surface area contributed by atoms with E-state index in [0.717, 1.165) is 34.1 Å². The number of fused-ring (bicyclic) bond motifs is 5. The van der Waals surface area contributed by atoms with Crippen molar-refractivity contribution in [1.82, 2.24) is 0 Å². The number of anilines is 6. The van der Waals surface area contributed by atoms with Crippen LogP contribution in [0.4, 0.5) is 34.1 Å². The molecule has 0 N–H and O–H groups in total. The summed E-state index contributed by atoms with van der Waals surface area (Å²) in [5.41, 5.74) is 11.3. The van der Waals surface area contributed by atoms with Crippen molar-refractivity contribution in [3.8, 4) is 22.3 Å². The predicted octanol–water partition coefficient (Wildman–Crippen LogP) is 15.5. The zero-order chi connectivity index (χ0) is 36.6. The number of benzene rings is 9. The summed E-state index contributed by atoms with van der Waals surface area (Å²) in [6.07, 6.45) is 0. The fraction of sp³-hybridized carbons (Fsp3) is 0. The molecule has 0 aliphatic carbocycles. The molecule has 1 aromatic heterocycles. The van der Waals surface area contributed by atoms with Crippen LogP contribution in [0.1, 0.15) is 0 Å². The summed E-state index contributed by atoms with van der Waals surface area (Å²) in [6.45, 7) is 0. The molecule has 0 saturated carbocycles. The molecule has 0 aliphatic rings. The van der Waals surface area contributed by atoms with Gasteiger partial charge in [0.1, 0.15) is 0 Å². The van der Waals surface area contributed by atoms with Gasteiger partial charge in [0.05, 0.1) is 17.1 Å². The Morgan fingerprint density at radius 3 is 1.58 bits per heavy atom. The number of rotatable bonds is 8. The van der Waals surface area contributed by atoms with Gasteiger partial charge in [-0.15, -0.1) is 11.3 Å². The maximum atomic E-state index is 2.50. The minimum Gasteiger partial charge on any atom is -0.308 e. The molecule has 0 unspecified atom stereocenters. The largest absolute Gasteiger partial charge is 0.308 e. The van der Waals surface area contributed by atoms with E-state index in [-0.39, 0.29) is 0 Å². The van der Waals surface area contributed by atoms with Gasteiger partial charge in [-0.25, -0.2) is 0 Å². The van der Waals surface area contributed by atoms with Crippen LogP contribution in [0, 0.1) is 0 Å². The maximum absolute atomic E-state index is 2.50. The number of thiophene rings is 1. The summed E-state index contributed by atoms with van der Waals surface area (Å²) in [5, 5.41) is 5.01. The molecule has 55 heavy (non-hydrogen) atoms. The van der Waals surface area contributed by atoms with Crippen LogP contribution in [-0.2, 0) is 0 Å². The molecule has 0 amide bonds. The van der Waals surface area contributed by atoms with E-state index in [2.05, 4.69) is 228 Å². The summed E-state index contributed by atoms with van der Waals surface area (Å²) >= 11 is 1.88. The molecule has 1 heterocycles. The highest BCUT2D eigenvalue weighted by Gasteiger charge is 2.28. The van der Waals surface area contributed by atoms with Crippen molar-refractivity contribution in [1.29, 1.82) is 0 Å². The van der Waals surface area contributed by atoms with Gasteiger partial charge in [-0.3, -0.25) is 0 Å². The van der Waals surface area contributed by atoms with Crippen LogP contribution < -0.4 is 9.80 Å². The normalized spacial score (nSPS) is 11.3. The van der Waals surface area contributed by atoms with Crippen LogP contribution in [0.3, 0.4) is 0 Å². The second-order valence-electron chi connectivity index (χ2n) is 13.7. The Bertz CT molecular complexity index is 2900. The first-order chi connectivity index (χ1) is 27.3. The topological polar surface area (TPSA) is 6.48 Å². The van der Waals surface area contributed by atoms with Gasteiger partial charge in [-0.1, -0.05) is 164 Å². The molecule has 3 heteroatoms. The average Bonchev–Trinajstić information content (AvgIpc) is 3.66. The van der Waals surface area contributed by atoms with E-state index in [1.807, 2.05) is 11.3 Å². The van der Waals surface area contributed by atoms with E-state index in [4.69, 9.17) is 0 Å². The molecule has 0 fully saturated rings. The van der Waals surface area contributed by atoms with Crippen molar-refractivity contribution >= 4 is 76.4 Å². The summed E-state index contributed by atoms with van der Waals surface area (Å²) < 4.78 is 2.55. The lowest BCUT2D eigenvalue weighted by molar-refractivity contribution is 1.24. The lowest BCUT2D eigenvalue weighted by Gasteiger charge is -2.35. The van der Waals surface area contributed by atoms with E-state index in [0.29, 0.717) is 0 Å². The van der Waals surface area contributed by atoms with Crippen LogP contribution in [-0.4, -0.2) is 0 Å². The molecule has 0 atom stereocenters. The number of hydrogen-bond donors (Lipinski definition) is 0. The Morgan fingerprint density at radius 1 is 0.327 bits per heavy atom. The highest BCUT2D eigenvalue weighted by atomic mass is 32.1. The first-order valence-electron chi connectivity index (χ1n) is 18.7. The molecule has 0 saturated heterocycles. The summed E-state index contributed by atoms with van der Waals surface area (Å²) in [7, 11) is 0. The first kappa shape index (κ1) is 32.7. The van der Waals surface area contributed by atoms with Crippen LogP contribution in [0.5, 0.6) is 0 Å². The van der Waals surface area contributed by atoms with Crippen LogP contribution >= 0.6 is 11.3 Å². The van der Waals surface area contributed by atoms with E-state index in [1.54, 1.807) is 0 Å². The smallest absolute Gasteiger partial charge is 0.0796 e. The van der Waals surface area contributed by atoms with Gasteiger partial charge >= 0.3 is 0 Å². The molecule has 9 aromatic carbocycles. The molecule has 0 radical (unpaired) electrons. The molecule has 10 rings (SSSR count). The minimum absolute atomic E-state index is 1.08. The van der Waals surface area contributed by atoms with Gasteiger partial charge in [0.25, 0.3) is 0 Å².